The summed E-state index contributed by atoms with van der Waals surface area (Å²) >= 11 is 1.77. The lowest BCUT2D eigenvalue weighted by atomic mass is 9.94. The zero-order valence-electron chi connectivity index (χ0n) is 14.8. The molecule has 1 aliphatic carbocycles. The fraction of sp³-hybridized carbons (Fsp3) is 0.765. The molecule has 1 fully saturated rings. The van der Waals surface area contributed by atoms with Crippen molar-refractivity contribution >= 4 is 17.3 Å². The maximum absolute atomic E-state index is 4.39. The minimum atomic E-state index is 0.772. The quantitative estimate of drug-likeness (QED) is 0.593. The van der Waals surface area contributed by atoms with Crippen LogP contribution in [0.2, 0.25) is 0 Å². The molecular weight excluding hydrogens is 306 g/mol. The highest BCUT2D eigenvalue weighted by Gasteiger charge is 2.17. The third-order valence-electron chi connectivity index (χ3n) is 4.48. The molecule has 1 heterocycles. The third-order valence-corrected chi connectivity index (χ3v) is 5.45. The largest absolute Gasteiger partial charge is 0.356 e. The Kier molecular flexibility index (Phi) is 7.82. The molecule has 1 saturated carbocycles. The summed E-state index contributed by atoms with van der Waals surface area (Å²) in [4.78, 5) is 12.4. The van der Waals surface area contributed by atoms with E-state index in [4.69, 9.17) is 0 Å². The molecule has 0 amide bonds. The Morgan fingerprint density at radius 1 is 1.30 bits per heavy atom. The van der Waals surface area contributed by atoms with Crippen LogP contribution in [0.15, 0.2) is 11.2 Å². The molecule has 0 bridgehead atoms. The van der Waals surface area contributed by atoms with E-state index in [1.807, 2.05) is 13.2 Å². The van der Waals surface area contributed by atoms with Gasteiger partial charge in [-0.25, -0.2) is 4.98 Å². The second-order valence-electron chi connectivity index (χ2n) is 6.31. The second-order valence-corrected chi connectivity index (χ2v) is 7.63. The van der Waals surface area contributed by atoms with Crippen molar-refractivity contribution < 1.29 is 0 Å². The van der Waals surface area contributed by atoms with Crippen molar-refractivity contribution in [2.75, 3.05) is 33.7 Å². The normalized spacial score (nSPS) is 16.8. The molecule has 1 aromatic rings. The summed E-state index contributed by atoms with van der Waals surface area (Å²) in [7, 11) is 4.08. The van der Waals surface area contributed by atoms with Crippen LogP contribution in [0.3, 0.4) is 0 Å². The molecule has 0 atom stereocenters. The molecule has 0 aliphatic heterocycles. The van der Waals surface area contributed by atoms with E-state index in [0.29, 0.717) is 0 Å². The summed E-state index contributed by atoms with van der Waals surface area (Å²) in [5.74, 6) is 0.885. The Labute approximate surface area is 144 Å². The lowest BCUT2D eigenvalue weighted by Crippen LogP contribution is -2.43. The summed E-state index contributed by atoms with van der Waals surface area (Å²) in [6, 6.07) is 0.772. The predicted molar refractivity (Wildman–Crippen MR) is 99.4 cm³/mol. The minimum Gasteiger partial charge on any atom is -0.356 e. The first kappa shape index (κ1) is 18.2. The molecule has 130 valence electrons. The van der Waals surface area contributed by atoms with Crippen LogP contribution in [0.5, 0.6) is 0 Å². The lowest BCUT2D eigenvalue weighted by Gasteiger charge is -2.31. The highest BCUT2D eigenvalue weighted by atomic mass is 32.1. The van der Waals surface area contributed by atoms with Crippen LogP contribution in [0.25, 0.3) is 0 Å². The van der Waals surface area contributed by atoms with Gasteiger partial charge in [0.1, 0.15) is 0 Å². The monoisotopic (exact) mass is 337 g/mol. The van der Waals surface area contributed by atoms with Crippen molar-refractivity contribution in [3.05, 3.63) is 16.1 Å². The Bertz CT molecular complexity index is 479. The molecule has 5 nitrogen and oxygen atoms in total. The molecule has 0 spiro atoms. The summed E-state index contributed by atoms with van der Waals surface area (Å²) < 4.78 is 0. The predicted octanol–water partition coefficient (Wildman–Crippen LogP) is 2.42. The number of likely N-dealkylation sites (N-methyl/N-ethyl adjacent to an activating group) is 1. The van der Waals surface area contributed by atoms with Crippen LogP contribution in [-0.2, 0) is 6.42 Å². The average molecular weight is 338 g/mol. The number of guanidine groups is 1. The van der Waals surface area contributed by atoms with Gasteiger partial charge in [-0.3, -0.25) is 4.99 Å². The van der Waals surface area contributed by atoms with Gasteiger partial charge in [0.05, 0.1) is 5.01 Å². The van der Waals surface area contributed by atoms with E-state index < -0.39 is 0 Å². The van der Waals surface area contributed by atoms with E-state index >= 15 is 0 Å². The molecular formula is C17H31N5S. The summed E-state index contributed by atoms with van der Waals surface area (Å²) in [5, 5.41) is 7.96. The molecule has 23 heavy (non-hydrogen) atoms. The van der Waals surface area contributed by atoms with Gasteiger partial charge in [0.15, 0.2) is 5.96 Å². The number of hydrogen-bond donors (Lipinski definition) is 2. The minimum absolute atomic E-state index is 0.772. The standard InChI is InChI=1S/C17H31N5S/c1-14-13-21-16(23-14)9-10-19-17(18-2)20-11-12-22(3)15-7-5-4-6-8-15/h13,15H,4-12H2,1-3H3,(H2,18,19,20). The molecule has 0 aromatic carbocycles. The zero-order chi connectivity index (χ0) is 16.5. The van der Waals surface area contributed by atoms with Crippen LogP contribution < -0.4 is 10.6 Å². The number of hydrogen-bond acceptors (Lipinski definition) is 4. The Hall–Kier alpha value is -1.14. The van der Waals surface area contributed by atoms with Crippen molar-refractivity contribution in [3.8, 4) is 0 Å². The molecule has 2 N–H and O–H groups in total. The van der Waals surface area contributed by atoms with E-state index in [2.05, 4.69) is 39.5 Å². The van der Waals surface area contributed by atoms with Crippen molar-refractivity contribution in [2.24, 2.45) is 4.99 Å². The van der Waals surface area contributed by atoms with Crippen LogP contribution >= 0.6 is 11.3 Å². The van der Waals surface area contributed by atoms with Gasteiger partial charge in [-0.1, -0.05) is 19.3 Å². The number of nitrogens with zero attached hydrogens (tertiary/aromatic N) is 3. The Morgan fingerprint density at radius 3 is 2.70 bits per heavy atom. The summed E-state index contributed by atoms with van der Waals surface area (Å²) in [6.07, 6.45) is 9.80. The number of aliphatic imine (C=N–C) groups is 1. The average Bonchev–Trinajstić information content (AvgIpc) is 2.99. The SMILES string of the molecule is CN=C(NCCc1ncc(C)s1)NCCN(C)C1CCCCC1. The smallest absolute Gasteiger partial charge is 0.191 e. The van der Waals surface area contributed by atoms with E-state index in [0.717, 1.165) is 38.1 Å². The van der Waals surface area contributed by atoms with E-state index in [1.165, 1.54) is 42.0 Å². The molecule has 6 heteroatoms. The Balaban J connectivity index is 1.60. The highest BCUT2D eigenvalue weighted by Crippen LogP contribution is 2.21. The molecule has 0 saturated heterocycles. The zero-order valence-corrected chi connectivity index (χ0v) is 15.6. The first-order chi connectivity index (χ1) is 11.2. The summed E-state index contributed by atoms with van der Waals surface area (Å²) in [5.41, 5.74) is 0. The number of rotatable bonds is 7. The van der Waals surface area contributed by atoms with Gasteiger partial charge in [0.2, 0.25) is 0 Å². The van der Waals surface area contributed by atoms with Crippen LogP contribution in [0.1, 0.15) is 42.0 Å². The number of thiazole rings is 1. The fourth-order valence-corrected chi connectivity index (χ4v) is 3.87. The van der Waals surface area contributed by atoms with Crippen molar-refractivity contribution in [1.82, 2.24) is 20.5 Å². The maximum atomic E-state index is 4.39. The van der Waals surface area contributed by atoms with E-state index in [9.17, 15) is 0 Å². The van der Waals surface area contributed by atoms with Gasteiger partial charge in [0, 0.05) is 50.2 Å². The molecule has 1 aromatic heterocycles. The number of aryl methyl sites for hydroxylation is 1. The number of aromatic nitrogens is 1. The molecule has 1 aliphatic rings. The van der Waals surface area contributed by atoms with Crippen LogP contribution in [-0.4, -0.2) is 55.6 Å². The van der Waals surface area contributed by atoms with E-state index in [1.54, 1.807) is 11.3 Å². The second kappa shape index (κ2) is 9.88. The van der Waals surface area contributed by atoms with Gasteiger partial charge in [-0.2, -0.15) is 0 Å². The number of nitrogens with one attached hydrogen (secondary N) is 2. The molecule has 2 rings (SSSR count). The van der Waals surface area contributed by atoms with Gasteiger partial charge in [-0.05, 0) is 26.8 Å². The lowest BCUT2D eigenvalue weighted by molar-refractivity contribution is 0.194. The van der Waals surface area contributed by atoms with Gasteiger partial charge < -0.3 is 15.5 Å². The van der Waals surface area contributed by atoms with Crippen molar-refractivity contribution in [1.29, 1.82) is 0 Å². The molecule has 0 unspecified atom stereocenters. The topological polar surface area (TPSA) is 52.6 Å². The first-order valence-corrected chi connectivity index (χ1v) is 9.56. The third kappa shape index (κ3) is 6.47. The molecule has 0 radical (unpaired) electrons. The van der Waals surface area contributed by atoms with E-state index in [-0.39, 0.29) is 0 Å². The Morgan fingerprint density at radius 2 is 2.04 bits per heavy atom. The van der Waals surface area contributed by atoms with Gasteiger partial charge in [-0.15, -0.1) is 11.3 Å². The maximum Gasteiger partial charge on any atom is 0.191 e. The van der Waals surface area contributed by atoms with Crippen molar-refractivity contribution in [3.63, 3.8) is 0 Å². The van der Waals surface area contributed by atoms with Gasteiger partial charge >= 0.3 is 0 Å². The highest BCUT2D eigenvalue weighted by molar-refractivity contribution is 7.11. The van der Waals surface area contributed by atoms with Crippen LogP contribution in [0, 0.1) is 6.92 Å². The summed E-state index contributed by atoms with van der Waals surface area (Å²) in [6.45, 7) is 4.96. The van der Waals surface area contributed by atoms with Crippen molar-refractivity contribution in [2.45, 2.75) is 51.5 Å². The fourth-order valence-electron chi connectivity index (χ4n) is 3.08. The first-order valence-electron chi connectivity index (χ1n) is 8.75. The van der Waals surface area contributed by atoms with Gasteiger partial charge in [0.25, 0.3) is 0 Å². The van der Waals surface area contributed by atoms with Crippen LogP contribution in [0.4, 0.5) is 0 Å².